The quantitative estimate of drug-likeness (QED) is 0.849. The van der Waals surface area contributed by atoms with E-state index in [1.54, 1.807) is 13.3 Å². The molecule has 1 aromatic heterocycles. The first-order chi connectivity index (χ1) is 13.1. The number of likely N-dealkylation sites (tertiary alicyclic amines) is 1. The van der Waals surface area contributed by atoms with Crippen LogP contribution in [-0.2, 0) is 6.42 Å². The number of urea groups is 1. The highest BCUT2D eigenvalue weighted by atomic mass is 16.5. The number of aryl methyl sites for hydroxylation is 1. The number of amides is 2. The summed E-state index contributed by atoms with van der Waals surface area (Å²) >= 11 is 0. The Kier molecular flexibility index (Phi) is 6.52. The Morgan fingerprint density at radius 3 is 2.48 bits per heavy atom. The first kappa shape index (κ1) is 19.0. The van der Waals surface area contributed by atoms with Crippen LogP contribution in [0.3, 0.4) is 0 Å². The Morgan fingerprint density at radius 1 is 1.15 bits per heavy atom. The fraction of sp³-hybridized carbons (Fsp3) is 0.429. The minimum absolute atomic E-state index is 0.000959. The molecule has 6 heteroatoms. The van der Waals surface area contributed by atoms with Gasteiger partial charge in [0.05, 0.1) is 13.3 Å². The van der Waals surface area contributed by atoms with Crippen LogP contribution in [0, 0.1) is 6.92 Å². The van der Waals surface area contributed by atoms with Gasteiger partial charge >= 0.3 is 6.03 Å². The lowest BCUT2D eigenvalue weighted by atomic mass is 10.1. The molecular weight excluding hydrogens is 342 g/mol. The SMILES string of the molecule is COc1ccc(CCNC(=O)N2CCC(Oc3ccc(C)nc3)CC2)cc1. The Hall–Kier alpha value is -2.76. The second-order valence-electron chi connectivity index (χ2n) is 6.77. The maximum absolute atomic E-state index is 12.3. The molecule has 2 amide bonds. The molecule has 0 bridgehead atoms. The molecular formula is C21H27N3O3. The van der Waals surface area contributed by atoms with Crippen molar-refractivity contribution in [3.63, 3.8) is 0 Å². The second kappa shape index (κ2) is 9.26. The molecule has 0 atom stereocenters. The summed E-state index contributed by atoms with van der Waals surface area (Å²) in [6, 6.07) is 11.8. The lowest BCUT2D eigenvalue weighted by Crippen LogP contribution is -2.46. The van der Waals surface area contributed by atoms with Crippen molar-refractivity contribution in [1.29, 1.82) is 0 Å². The van der Waals surface area contributed by atoms with Crippen LogP contribution in [0.15, 0.2) is 42.6 Å². The monoisotopic (exact) mass is 369 g/mol. The predicted molar refractivity (Wildman–Crippen MR) is 104 cm³/mol. The largest absolute Gasteiger partial charge is 0.497 e. The maximum Gasteiger partial charge on any atom is 0.317 e. The van der Waals surface area contributed by atoms with E-state index in [1.807, 2.05) is 48.2 Å². The molecule has 6 nitrogen and oxygen atoms in total. The smallest absolute Gasteiger partial charge is 0.317 e. The third kappa shape index (κ3) is 5.61. The first-order valence-electron chi connectivity index (χ1n) is 9.39. The number of hydrogen-bond donors (Lipinski definition) is 1. The normalized spacial score (nSPS) is 14.7. The molecule has 27 heavy (non-hydrogen) atoms. The molecule has 1 aromatic carbocycles. The van der Waals surface area contributed by atoms with Crippen LogP contribution in [0.5, 0.6) is 11.5 Å². The molecule has 1 saturated heterocycles. The third-order valence-electron chi connectivity index (χ3n) is 4.77. The summed E-state index contributed by atoms with van der Waals surface area (Å²) in [5, 5.41) is 3.01. The van der Waals surface area contributed by atoms with E-state index in [0.29, 0.717) is 19.6 Å². The summed E-state index contributed by atoms with van der Waals surface area (Å²) < 4.78 is 11.1. The molecule has 1 aliphatic rings. The van der Waals surface area contributed by atoms with Crippen molar-refractivity contribution < 1.29 is 14.3 Å². The number of hydrogen-bond acceptors (Lipinski definition) is 4. The molecule has 144 valence electrons. The van der Waals surface area contributed by atoms with Gasteiger partial charge in [0.2, 0.25) is 0 Å². The zero-order valence-corrected chi connectivity index (χ0v) is 16.0. The van der Waals surface area contributed by atoms with Gasteiger partial charge in [0.25, 0.3) is 0 Å². The topological polar surface area (TPSA) is 63.7 Å². The molecule has 1 N–H and O–H groups in total. The molecule has 0 unspecified atom stereocenters. The lowest BCUT2D eigenvalue weighted by molar-refractivity contribution is 0.111. The van der Waals surface area contributed by atoms with E-state index in [4.69, 9.17) is 9.47 Å². The molecule has 1 aliphatic heterocycles. The third-order valence-corrected chi connectivity index (χ3v) is 4.77. The van der Waals surface area contributed by atoms with Crippen molar-refractivity contribution in [3.8, 4) is 11.5 Å². The van der Waals surface area contributed by atoms with Crippen molar-refractivity contribution in [1.82, 2.24) is 15.2 Å². The van der Waals surface area contributed by atoms with Crippen LogP contribution in [-0.4, -0.2) is 48.8 Å². The van der Waals surface area contributed by atoms with E-state index < -0.39 is 0 Å². The summed E-state index contributed by atoms with van der Waals surface area (Å²) in [7, 11) is 1.65. The fourth-order valence-corrected chi connectivity index (χ4v) is 3.11. The molecule has 1 fully saturated rings. The summed E-state index contributed by atoms with van der Waals surface area (Å²) in [6.07, 6.45) is 4.36. The van der Waals surface area contributed by atoms with Gasteiger partial charge in [-0.3, -0.25) is 4.98 Å². The van der Waals surface area contributed by atoms with E-state index in [-0.39, 0.29) is 12.1 Å². The van der Waals surface area contributed by atoms with E-state index in [9.17, 15) is 4.79 Å². The lowest BCUT2D eigenvalue weighted by Gasteiger charge is -2.32. The number of ether oxygens (including phenoxy) is 2. The Bertz CT molecular complexity index is 723. The zero-order chi connectivity index (χ0) is 19.1. The maximum atomic E-state index is 12.3. The van der Waals surface area contributed by atoms with Crippen LogP contribution in [0.25, 0.3) is 0 Å². The van der Waals surface area contributed by atoms with E-state index >= 15 is 0 Å². The van der Waals surface area contributed by atoms with Crippen LogP contribution in [0.4, 0.5) is 4.79 Å². The van der Waals surface area contributed by atoms with Crippen molar-refractivity contribution >= 4 is 6.03 Å². The molecule has 0 aliphatic carbocycles. The van der Waals surface area contributed by atoms with E-state index in [2.05, 4.69) is 10.3 Å². The summed E-state index contributed by atoms with van der Waals surface area (Å²) in [4.78, 5) is 18.4. The van der Waals surface area contributed by atoms with E-state index in [1.165, 1.54) is 5.56 Å². The number of methoxy groups -OCH3 is 1. The number of aromatic nitrogens is 1. The van der Waals surface area contributed by atoms with Crippen LogP contribution >= 0.6 is 0 Å². The zero-order valence-electron chi connectivity index (χ0n) is 16.0. The summed E-state index contributed by atoms with van der Waals surface area (Å²) in [5.74, 6) is 1.64. The molecule has 0 radical (unpaired) electrons. The van der Waals surface area contributed by atoms with Crippen LogP contribution < -0.4 is 14.8 Å². The number of carbonyl (C=O) groups excluding carboxylic acids is 1. The molecule has 0 saturated carbocycles. The highest BCUT2D eigenvalue weighted by Gasteiger charge is 2.23. The van der Waals surface area contributed by atoms with Gasteiger partial charge in [0.1, 0.15) is 17.6 Å². The molecule has 0 spiro atoms. The number of rotatable bonds is 6. The Balaban J connectivity index is 1.37. The van der Waals surface area contributed by atoms with Gasteiger partial charge in [0.15, 0.2) is 0 Å². The number of nitrogens with zero attached hydrogens (tertiary/aromatic N) is 2. The average Bonchev–Trinajstić information content (AvgIpc) is 2.71. The highest BCUT2D eigenvalue weighted by Crippen LogP contribution is 2.18. The summed E-state index contributed by atoms with van der Waals surface area (Å²) in [5.41, 5.74) is 2.15. The minimum Gasteiger partial charge on any atom is -0.497 e. The Morgan fingerprint density at radius 2 is 1.85 bits per heavy atom. The number of piperidine rings is 1. The van der Waals surface area contributed by atoms with Gasteiger partial charge in [-0.1, -0.05) is 12.1 Å². The van der Waals surface area contributed by atoms with Gasteiger partial charge in [-0.05, 0) is 43.2 Å². The van der Waals surface area contributed by atoms with Gasteiger partial charge in [0, 0.05) is 38.2 Å². The average molecular weight is 369 g/mol. The summed E-state index contributed by atoms with van der Waals surface area (Å²) in [6.45, 7) is 3.99. The van der Waals surface area contributed by atoms with Crippen molar-refractivity contribution in [2.24, 2.45) is 0 Å². The van der Waals surface area contributed by atoms with Gasteiger partial charge < -0.3 is 19.7 Å². The van der Waals surface area contributed by atoms with E-state index in [0.717, 1.165) is 36.5 Å². The Labute approximate surface area is 160 Å². The number of benzene rings is 1. The highest BCUT2D eigenvalue weighted by molar-refractivity contribution is 5.74. The van der Waals surface area contributed by atoms with Crippen molar-refractivity contribution in [3.05, 3.63) is 53.9 Å². The number of nitrogens with one attached hydrogen (secondary N) is 1. The number of carbonyl (C=O) groups is 1. The van der Waals surface area contributed by atoms with Crippen molar-refractivity contribution in [2.75, 3.05) is 26.7 Å². The van der Waals surface area contributed by atoms with Gasteiger partial charge in [-0.15, -0.1) is 0 Å². The number of pyridine rings is 1. The minimum atomic E-state index is -0.000959. The van der Waals surface area contributed by atoms with Gasteiger partial charge in [-0.2, -0.15) is 0 Å². The van der Waals surface area contributed by atoms with Crippen LogP contribution in [0.2, 0.25) is 0 Å². The molecule has 2 aromatic rings. The standard InChI is InChI=1S/C21H27N3O3/c1-16-3-6-20(15-23-16)27-19-10-13-24(14-11-19)21(25)22-12-9-17-4-7-18(26-2)8-5-17/h3-8,15,19H,9-14H2,1-2H3,(H,22,25). The second-order valence-corrected chi connectivity index (χ2v) is 6.77. The van der Waals surface area contributed by atoms with Crippen LogP contribution in [0.1, 0.15) is 24.1 Å². The molecule has 3 rings (SSSR count). The first-order valence-corrected chi connectivity index (χ1v) is 9.39. The molecule has 2 heterocycles. The van der Waals surface area contributed by atoms with Gasteiger partial charge in [-0.25, -0.2) is 4.79 Å². The fourth-order valence-electron chi connectivity index (χ4n) is 3.11. The van der Waals surface area contributed by atoms with Crippen molar-refractivity contribution in [2.45, 2.75) is 32.3 Å². The predicted octanol–water partition coefficient (Wildman–Crippen LogP) is 3.19.